The lowest BCUT2D eigenvalue weighted by Crippen LogP contribution is -2.30. The normalized spacial score (nSPS) is 21.8. The van der Waals surface area contributed by atoms with Crippen LogP contribution in [-0.4, -0.2) is 17.0 Å². The molecule has 2 N–H and O–H groups in total. The van der Waals surface area contributed by atoms with E-state index in [0.29, 0.717) is 24.1 Å². The fourth-order valence-electron chi connectivity index (χ4n) is 2.58. The molecule has 0 aromatic heterocycles. The van der Waals surface area contributed by atoms with Gasteiger partial charge in [-0.05, 0) is 53.4 Å². The van der Waals surface area contributed by atoms with Gasteiger partial charge in [0.15, 0.2) is 0 Å². The predicted molar refractivity (Wildman–Crippen MR) is 75.9 cm³/mol. The van der Waals surface area contributed by atoms with Crippen LogP contribution in [0.15, 0.2) is 16.6 Å². The zero-order chi connectivity index (χ0) is 14.9. The predicted octanol–water partition coefficient (Wildman–Crippen LogP) is 3.34. The van der Waals surface area contributed by atoms with E-state index in [0.717, 1.165) is 6.42 Å². The van der Waals surface area contributed by atoms with E-state index < -0.39 is 23.6 Å². The summed E-state index contributed by atoms with van der Waals surface area (Å²) in [6, 6.07) is 2.82. The molecule has 1 aromatic rings. The van der Waals surface area contributed by atoms with Gasteiger partial charge in [0.1, 0.15) is 5.82 Å². The van der Waals surface area contributed by atoms with Crippen LogP contribution in [0.3, 0.4) is 0 Å². The Labute approximate surface area is 124 Å². The fraction of sp³-hybridized carbons (Fsp3) is 0.429. The van der Waals surface area contributed by atoms with E-state index in [2.05, 4.69) is 21.2 Å². The first kappa shape index (κ1) is 15.0. The summed E-state index contributed by atoms with van der Waals surface area (Å²) < 4.78 is 13.6. The van der Waals surface area contributed by atoms with Crippen LogP contribution in [0.2, 0.25) is 0 Å². The molecule has 1 aliphatic carbocycles. The molecule has 0 spiro atoms. The summed E-state index contributed by atoms with van der Waals surface area (Å²) >= 11 is 3.07. The van der Waals surface area contributed by atoms with Gasteiger partial charge >= 0.3 is 5.97 Å². The maximum absolute atomic E-state index is 13.3. The molecule has 2 atom stereocenters. The Balaban J connectivity index is 2.16. The molecule has 0 saturated heterocycles. The molecule has 0 aliphatic heterocycles. The minimum Gasteiger partial charge on any atom is -0.481 e. The van der Waals surface area contributed by atoms with Gasteiger partial charge in [-0.1, -0.05) is 6.42 Å². The molecule has 108 valence electrons. The molecule has 20 heavy (non-hydrogen) atoms. The number of aliphatic carboxylic acids is 1. The molecule has 1 saturated carbocycles. The van der Waals surface area contributed by atoms with Crippen molar-refractivity contribution in [1.29, 1.82) is 0 Å². The molecule has 0 bridgehead atoms. The van der Waals surface area contributed by atoms with Crippen LogP contribution in [0.1, 0.15) is 24.8 Å². The highest BCUT2D eigenvalue weighted by Gasteiger charge is 2.37. The van der Waals surface area contributed by atoms with E-state index in [-0.39, 0.29) is 10.4 Å². The first-order valence-corrected chi connectivity index (χ1v) is 7.18. The number of hydrogen-bond donors (Lipinski definition) is 2. The van der Waals surface area contributed by atoms with Crippen LogP contribution in [0.4, 0.5) is 10.1 Å². The second-order valence-corrected chi connectivity index (χ2v) is 5.91. The van der Waals surface area contributed by atoms with Crippen LogP contribution < -0.4 is 5.32 Å². The summed E-state index contributed by atoms with van der Waals surface area (Å²) in [5.74, 6) is -2.78. The summed E-state index contributed by atoms with van der Waals surface area (Å²) in [4.78, 5) is 23.3. The molecule has 1 fully saturated rings. The summed E-state index contributed by atoms with van der Waals surface area (Å²) in [7, 11) is 0. The van der Waals surface area contributed by atoms with Crippen molar-refractivity contribution in [2.45, 2.75) is 26.2 Å². The number of halogens is 2. The maximum Gasteiger partial charge on any atom is 0.307 e. The number of benzene rings is 1. The Hall–Kier alpha value is -1.43. The number of anilines is 1. The number of carboxylic acid groups (broad SMARTS) is 1. The van der Waals surface area contributed by atoms with Crippen LogP contribution in [0, 0.1) is 24.6 Å². The second kappa shape index (κ2) is 5.91. The van der Waals surface area contributed by atoms with Crippen molar-refractivity contribution in [1.82, 2.24) is 0 Å². The highest BCUT2D eigenvalue weighted by molar-refractivity contribution is 9.10. The van der Waals surface area contributed by atoms with Gasteiger partial charge in [0.2, 0.25) is 5.91 Å². The monoisotopic (exact) mass is 343 g/mol. The topological polar surface area (TPSA) is 66.4 Å². The average molecular weight is 344 g/mol. The fourth-order valence-corrected chi connectivity index (χ4v) is 2.92. The molecule has 0 unspecified atom stereocenters. The van der Waals surface area contributed by atoms with Crippen molar-refractivity contribution in [2.24, 2.45) is 11.8 Å². The number of amides is 1. The molecule has 1 amide bonds. The second-order valence-electron chi connectivity index (χ2n) is 5.05. The molecular weight excluding hydrogens is 329 g/mol. The van der Waals surface area contributed by atoms with E-state index in [1.807, 2.05) is 0 Å². The average Bonchev–Trinajstić information content (AvgIpc) is 2.85. The SMILES string of the molecule is Cc1cc(F)c(Br)cc1NC(=O)[C@@H]1CCC[C@@H]1C(=O)O. The van der Waals surface area contributed by atoms with Gasteiger partial charge in [-0.2, -0.15) is 0 Å². The quantitative estimate of drug-likeness (QED) is 0.884. The summed E-state index contributed by atoms with van der Waals surface area (Å²) in [6.45, 7) is 1.69. The molecule has 1 aliphatic rings. The minimum atomic E-state index is -0.931. The number of aryl methyl sites for hydroxylation is 1. The highest BCUT2D eigenvalue weighted by Crippen LogP contribution is 2.33. The Morgan fingerprint density at radius 3 is 2.65 bits per heavy atom. The van der Waals surface area contributed by atoms with Gasteiger partial charge in [-0.3, -0.25) is 9.59 Å². The van der Waals surface area contributed by atoms with Gasteiger partial charge < -0.3 is 10.4 Å². The number of carbonyl (C=O) groups excluding carboxylic acids is 1. The molecule has 4 nitrogen and oxygen atoms in total. The lowest BCUT2D eigenvalue weighted by atomic mass is 9.95. The number of carboxylic acids is 1. The Morgan fingerprint density at radius 2 is 2.00 bits per heavy atom. The lowest BCUT2D eigenvalue weighted by Gasteiger charge is -2.17. The van der Waals surface area contributed by atoms with Crippen LogP contribution in [0.5, 0.6) is 0 Å². The van der Waals surface area contributed by atoms with Gasteiger partial charge in [0, 0.05) is 5.69 Å². The largest absolute Gasteiger partial charge is 0.481 e. The molecule has 0 radical (unpaired) electrons. The maximum atomic E-state index is 13.3. The Kier molecular flexibility index (Phi) is 4.42. The molecular formula is C14H15BrFNO3. The summed E-state index contributed by atoms with van der Waals surface area (Å²) in [5.41, 5.74) is 1.10. The van der Waals surface area contributed by atoms with E-state index in [1.165, 1.54) is 12.1 Å². The first-order chi connectivity index (χ1) is 9.40. The zero-order valence-corrected chi connectivity index (χ0v) is 12.5. The van der Waals surface area contributed by atoms with Gasteiger partial charge in [-0.15, -0.1) is 0 Å². The standard InChI is InChI=1S/C14H15BrFNO3/c1-7-5-11(16)10(15)6-12(7)17-13(18)8-3-2-4-9(8)14(19)20/h5-6,8-9H,2-4H2,1H3,(H,17,18)(H,19,20)/t8-,9+/m1/s1. The third-order valence-corrected chi connectivity index (χ3v) is 4.30. The molecule has 2 rings (SSSR count). The summed E-state index contributed by atoms with van der Waals surface area (Å²) in [5, 5.41) is 11.8. The minimum absolute atomic E-state index is 0.264. The van der Waals surface area contributed by atoms with Crippen LogP contribution >= 0.6 is 15.9 Å². The molecule has 6 heteroatoms. The third-order valence-electron chi connectivity index (χ3n) is 3.70. The van der Waals surface area contributed by atoms with Crippen molar-refractivity contribution in [3.8, 4) is 0 Å². The van der Waals surface area contributed by atoms with Crippen molar-refractivity contribution < 1.29 is 19.1 Å². The van der Waals surface area contributed by atoms with E-state index in [1.54, 1.807) is 6.92 Å². The van der Waals surface area contributed by atoms with E-state index in [4.69, 9.17) is 5.11 Å². The third kappa shape index (κ3) is 3.00. The number of nitrogens with one attached hydrogen (secondary N) is 1. The number of carbonyl (C=O) groups is 2. The number of rotatable bonds is 3. The molecule has 1 aromatic carbocycles. The number of hydrogen-bond acceptors (Lipinski definition) is 2. The highest BCUT2D eigenvalue weighted by atomic mass is 79.9. The van der Waals surface area contributed by atoms with Gasteiger partial charge in [-0.25, -0.2) is 4.39 Å². The molecule has 0 heterocycles. The van der Waals surface area contributed by atoms with E-state index in [9.17, 15) is 14.0 Å². The summed E-state index contributed by atoms with van der Waals surface area (Å²) in [6.07, 6.45) is 1.84. The van der Waals surface area contributed by atoms with Gasteiger partial charge in [0.25, 0.3) is 0 Å². The van der Waals surface area contributed by atoms with Crippen LogP contribution in [-0.2, 0) is 9.59 Å². The Morgan fingerprint density at radius 1 is 1.35 bits per heavy atom. The lowest BCUT2D eigenvalue weighted by molar-refractivity contribution is -0.145. The Bertz CT molecular complexity index is 562. The zero-order valence-electron chi connectivity index (χ0n) is 11.0. The van der Waals surface area contributed by atoms with Gasteiger partial charge in [0.05, 0.1) is 16.3 Å². The van der Waals surface area contributed by atoms with Crippen LogP contribution in [0.25, 0.3) is 0 Å². The van der Waals surface area contributed by atoms with Crippen molar-refractivity contribution in [3.05, 3.63) is 28.0 Å². The van der Waals surface area contributed by atoms with E-state index >= 15 is 0 Å². The van der Waals surface area contributed by atoms with Crippen molar-refractivity contribution in [3.63, 3.8) is 0 Å². The van der Waals surface area contributed by atoms with Crippen molar-refractivity contribution >= 4 is 33.5 Å². The first-order valence-electron chi connectivity index (χ1n) is 6.39. The smallest absolute Gasteiger partial charge is 0.307 e. The van der Waals surface area contributed by atoms with Crippen molar-refractivity contribution in [2.75, 3.05) is 5.32 Å².